The van der Waals surface area contributed by atoms with Gasteiger partial charge in [0, 0.05) is 74.3 Å². The first-order valence-corrected chi connectivity index (χ1v) is 15.3. The molecule has 3 fully saturated rings. The van der Waals surface area contributed by atoms with Crippen LogP contribution in [0.1, 0.15) is 84.9 Å². The Kier molecular flexibility index (Phi) is 8.04. The number of fused-ring (bicyclic) bond motifs is 1. The molecule has 3 amide bonds. The fourth-order valence-corrected chi connectivity index (χ4v) is 6.61. The van der Waals surface area contributed by atoms with E-state index >= 15 is 8.78 Å². The summed E-state index contributed by atoms with van der Waals surface area (Å²) in [6.45, 7) is 13.5. The van der Waals surface area contributed by atoms with Crippen LogP contribution in [0.4, 0.5) is 19.3 Å². The Morgan fingerprint density at radius 1 is 1.14 bits per heavy atom. The van der Waals surface area contributed by atoms with Crippen LogP contribution in [-0.4, -0.2) is 94.5 Å². The SMILES string of the molecule is C[C@@H]1CN(CC(=O)N2CC(C)(C)c3ncc(C(F)(F)C4CCC4)cc32)[C@@H](CN2CCCC2=O)CN1C(=O)OC(C)(C)C. The van der Waals surface area contributed by atoms with Crippen LogP contribution < -0.4 is 4.90 Å². The summed E-state index contributed by atoms with van der Waals surface area (Å²) >= 11 is 0. The number of carbonyl (C=O) groups excluding carboxylic acids is 3. The number of pyridine rings is 1. The minimum atomic E-state index is -2.98. The van der Waals surface area contributed by atoms with E-state index in [0.717, 1.165) is 12.8 Å². The van der Waals surface area contributed by atoms with E-state index in [4.69, 9.17) is 4.74 Å². The van der Waals surface area contributed by atoms with E-state index < -0.39 is 28.9 Å². The topological polar surface area (TPSA) is 86.3 Å². The molecule has 4 heterocycles. The summed E-state index contributed by atoms with van der Waals surface area (Å²) in [4.78, 5) is 51.1. The Morgan fingerprint density at radius 2 is 1.86 bits per heavy atom. The molecule has 42 heavy (non-hydrogen) atoms. The number of aromatic nitrogens is 1. The van der Waals surface area contributed by atoms with Gasteiger partial charge in [-0.3, -0.25) is 19.5 Å². The zero-order valence-corrected chi connectivity index (χ0v) is 25.8. The molecule has 2 saturated heterocycles. The van der Waals surface area contributed by atoms with Crippen molar-refractivity contribution < 1.29 is 27.9 Å². The Hall–Kier alpha value is -2.82. The number of carbonyl (C=O) groups is 3. The van der Waals surface area contributed by atoms with Crippen LogP contribution in [0.25, 0.3) is 0 Å². The molecule has 0 unspecified atom stereocenters. The third-order valence-corrected chi connectivity index (χ3v) is 9.18. The number of hydrogen-bond donors (Lipinski definition) is 0. The maximum Gasteiger partial charge on any atom is 0.410 e. The van der Waals surface area contributed by atoms with Gasteiger partial charge in [-0.05, 0) is 53.0 Å². The molecule has 0 bridgehead atoms. The van der Waals surface area contributed by atoms with E-state index in [-0.39, 0.29) is 36.0 Å². The zero-order chi connectivity index (χ0) is 30.6. The van der Waals surface area contributed by atoms with Crippen molar-refractivity contribution in [2.45, 2.75) is 103 Å². The molecule has 1 aliphatic carbocycles. The average Bonchev–Trinajstić information content (AvgIpc) is 3.37. The van der Waals surface area contributed by atoms with Gasteiger partial charge in [0.05, 0.1) is 17.9 Å². The second-order valence-corrected chi connectivity index (χ2v) is 14.2. The Morgan fingerprint density at radius 3 is 2.45 bits per heavy atom. The summed E-state index contributed by atoms with van der Waals surface area (Å²) in [7, 11) is 0. The summed E-state index contributed by atoms with van der Waals surface area (Å²) in [5.41, 5.74) is -0.173. The molecule has 5 rings (SSSR count). The van der Waals surface area contributed by atoms with E-state index in [2.05, 4.69) is 4.98 Å². The molecule has 0 spiro atoms. The van der Waals surface area contributed by atoms with Crippen molar-refractivity contribution in [3.63, 3.8) is 0 Å². The molecule has 1 aromatic heterocycles. The molecule has 9 nitrogen and oxygen atoms in total. The van der Waals surface area contributed by atoms with Crippen molar-refractivity contribution in [1.82, 2.24) is 19.7 Å². The standard InChI is InChI=1S/C31H45F2N5O4/c1-20-15-36(23(16-35-12-8-11-25(35)39)17-37(20)28(41)42-29(2,3)4)18-26(40)38-19-30(5,6)27-24(38)13-22(14-34-27)31(32,33)21-9-7-10-21/h13-14,20-21,23H,7-12,15-19H2,1-6H3/t20-,23+/m1/s1. The molecule has 0 radical (unpaired) electrons. The molecular formula is C31H45F2N5O4. The fraction of sp³-hybridized carbons (Fsp3) is 0.742. The molecule has 0 aromatic carbocycles. The first-order valence-electron chi connectivity index (χ1n) is 15.3. The van der Waals surface area contributed by atoms with E-state index in [0.29, 0.717) is 63.4 Å². The summed E-state index contributed by atoms with van der Waals surface area (Å²) in [6, 6.07) is 0.966. The number of alkyl halides is 2. The number of piperazine rings is 1. The first kappa shape index (κ1) is 30.6. The average molecular weight is 590 g/mol. The molecule has 2 atom stereocenters. The number of ether oxygens (including phenoxy) is 1. The number of rotatable bonds is 6. The van der Waals surface area contributed by atoms with Gasteiger partial charge in [0.15, 0.2) is 0 Å². The minimum absolute atomic E-state index is 0.0396. The molecule has 3 aliphatic heterocycles. The minimum Gasteiger partial charge on any atom is -0.444 e. The highest BCUT2D eigenvalue weighted by atomic mass is 19.3. The Labute approximate surface area is 247 Å². The maximum atomic E-state index is 15.3. The van der Waals surface area contributed by atoms with Crippen molar-refractivity contribution in [3.8, 4) is 0 Å². The van der Waals surface area contributed by atoms with Crippen LogP contribution in [0.5, 0.6) is 0 Å². The molecule has 232 valence electrons. The molecule has 1 saturated carbocycles. The monoisotopic (exact) mass is 589 g/mol. The molecule has 4 aliphatic rings. The van der Waals surface area contributed by atoms with Crippen molar-refractivity contribution in [1.29, 1.82) is 0 Å². The van der Waals surface area contributed by atoms with Crippen molar-refractivity contribution in [2.75, 3.05) is 44.2 Å². The first-order chi connectivity index (χ1) is 19.6. The number of nitrogens with zero attached hydrogens (tertiary/aromatic N) is 5. The lowest BCUT2D eigenvalue weighted by Gasteiger charge is -2.46. The number of hydrogen-bond acceptors (Lipinski definition) is 6. The van der Waals surface area contributed by atoms with Gasteiger partial charge in [-0.25, -0.2) is 13.6 Å². The van der Waals surface area contributed by atoms with Crippen molar-refractivity contribution in [3.05, 3.63) is 23.5 Å². The van der Waals surface area contributed by atoms with Gasteiger partial charge in [0.25, 0.3) is 5.92 Å². The highest BCUT2D eigenvalue weighted by molar-refractivity contribution is 5.97. The molecule has 0 N–H and O–H groups in total. The maximum absolute atomic E-state index is 15.3. The third kappa shape index (κ3) is 5.98. The van der Waals surface area contributed by atoms with E-state index in [1.165, 1.54) is 12.3 Å². The summed E-state index contributed by atoms with van der Waals surface area (Å²) in [5.74, 6) is -3.80. The van der Waals surface area contributed by atoms with Gasteiger partial charge >= 0.3 is 6.09 Å². The number of likely N-dealkylation sites (tertiary alicyclic amines) is 1. The van der Waals surface area contributed by atoms with Gasteiger partial charge < -0.3 is 19.4 Å². The van der Waals surface area contributed by atoms with Gasteiger partial charge in [0.2, 0.25) is 11.8 Å². The van der Waals surface area contributed by atoms with Crippen LogP contribution >= 0.6 is 0 Å². The van der Waals surface area contributed by atoms with Crippen LogP contribution in [0.3, 0.4) is 0 Å². The van der Waals surface area contributed by atoms with Gasteiger partial charge in [-0.1, -0.05) is 20.3 Å². The van der Waals surface area contributed by atoms with Crippen LogP contribution in [0.2, 0.25) is 0 Å². The molecule has 1 aromatic rings. The van der Waals surface area contributed by atoms with Gasteiger partial charge in [0.1, 0.15) is 5.60 Å². The third-order valence-electron chi connectivity index (χ3n) is 9.18. The van der Waals surface area contributed by atoms with Gasteiger partial charge in [-0.2, -0.15) is 0 Å². The quantitative estimate of drug-likeness (QED) is 0.485. The molecular weight excluding hydrogens is 544 g/mol. The normalized spacial score (nSPS) is 25.0. The van der Waals surface area contributed by atoms with Crippen LogP contribution in [0.15, 0.2) is 12.3 Å². The second kappa shape index (κ2) is 11.0. The number of amides is 3. The summed E-state index contributed by atoms with van der Waals surface area (Å²) in [6.07, 6.45) is 3.95. The summed E-state index contributed by atoms with van der Waals surface area (Å²) < 4.78 is 36.2. The summed E-state index contributed by atoms with van der Waals surface area (Å²) in [5, 5.41) is 0. The fourth-order valence-electron chi connectivity index (χ4n) is 6.61. The van der Waals surface area contributed by atoms with Crippen LogP contribution in [0, 0.1) is 5.92 Å². The number of halogens is 2. The smallest absolute Gasteiger partial charge is 0.410 e. The highest BCUT2D eigenvalue weighted by Gasteiger charge is 2.47. The largest absolute Gasteiger partial charge is 0.444 e. The van der Waals surface area contributed by atoms with E-state index in [1.807, 2.05) is 46.4 Å². The van der Waals surface area contributed by atoms with Crippen molar-refractivity contribution in [2.24, 2.45) is 5.92 Å². The highest BCUT2D eigenvalue weighted by Crippen LogP contribution is 2.48. The van der Waals surface area contributed by atoms with Crippen LogP contribution in [-0.2, 0) is 25.7 Å². The lowest BCUT2D eigenvalue weighted by Crippen LogP contribution is -2.63. The molecule has 11 heteroatoms. The predicted molar refractivity (Wildman–Crippen MR) is 154 cm³/mol. The Balaban J connectivity index is 1.38. The van der Waals surface area contributed by atoms with E-state index in [1.54, 1.807) is 14.7 Å². The lowest BCUT2D eigenvalue weighted by molar-refractivity contribution is -0.129. The van der Waals surface area contributed by atoms with Crippen molar-refractivity contribution >= 4 is 23.6 Å². The second-order valence-electron chi connectivity index (χ2n) is 14.2. The zero-order valence-electron chi connectivity index (χ0n) is 25.8. The Bertz CT molecular complexity index is 1230. The van der Waals surface area contributed by atoms with Gasteiger partial charge in [-0.15, -0.1) is 0 Å². The number of anilines is 1. The predicted octanol–water partition coefficient (Wildman–Crippen LogP) is 4.53. The van der Waals surface area contributed by atoms with E-state index in [9.17, 15) is 14.4 Å². The lowest BCUT2D eigenvalue weighted by atomic mass is 9.78.